The normalized spacial score (nSPS) is 19.6. The average Bonchev–Trinajstić information content (AvgIpc) is 3.51. The van der Waals surface area contributed by atoms with Gasteiger partial charge in [-0.15, -0.1) is 0 Å². The molecule has 2 atom stereocenters. The third kappa shape index (κ3) is 6.04. The molecule has 3 aliphatic heterocycles. The lowest BCUT2D eigenvalue weighted by atomic mass is 9.72. The van der Waals surface area contributed by atoms with Gasteiger partial charge in [-0.3, -0.25) is 14.4 Å². The molecule has 2 fully saturated rings. The van der Waals surface area contributed by atoms with E-state index in [0.29, 0.717) is 68.3 Å². The van der Waals surface area contributed by atoms with Crippen LogP contribution in [0.25, 0.3) is 0 Å². The van der Waals surface area contributed by atoms with Crippen LogP contribution in [0.3, 0.4) is 0 Å². The highest BCUT2D eigenvalue weighted by Crippen LogP contribution is 2.46. The molecular formula is C34H44N4O7. The van der Waals surface area contributed by atoms with Gasteiger partial charge in [-0.1, -0.05) is 47.6 Å². The molecule has 0 radical (unpaired) electrons. The van der Waals surface area contributed by atoms with Gasteiger partial charge in [0.2, 0.25) is 18.6 Å². The number of urea groups is 1. The number of nitrogens with one attached hydrogen (secondary N) is 1. The average molecular weight is 621 g/mol. The SMILES string of the molecule is CC[C@@H](NC(=O)N1C(=O)C(CC)(CC)[C@@H]1Oc1ccc(C(=O)N2CCN(C(=O)C(C)(C)C)CC2)cc1)c1ccc2c(c1)OCO2. The number of β-lactam (4-membered cyclic amide) rings is 1. The van der Waals surface area contributed by atoms with Crippen LogP contribution in [0.5, 0.6) is 17.2 Å². The molecule has 11 nitrogen and oxygen atoms in total. The zero-order valence-corrected chi connectivity index (χ0v) is 27.1. The molecule has 0 bridgehead atoms. The third-order valence-electron chi connectivity index (χ3n) is 9.18. The number of imide groups is 1. The first kappa shape index (κ1) is 32.1. The summed E-state index contributed by atoms with van der Waals surface area (Å²) in [4.78, 5) is 57.6. The number of piperazine rings is 1. The van der Waals surface area contributed by atoms with Gasteiger partial charge in [0.1, 0.15) is 11.2 Å². The van der Waals surface area contributed by atoms with Crippen molar-refractivity contribution in [1.29, 1.82) is 0 Å². The summed E-state index contributed by atoms with van der Waals surface area (Å²) in [7, 11) is 0. The van der Waals surface area contributed by atoms with E-state index in [0.717, 1.165) is 5.56 Å². The number of benzene rings is 2. The van der Waals surface area contributed by atoms with Gasteiger partial charge in [-0.25, -0.2) is 9.69 Å². The molecule has 45 heavy (non-hydrogen) atoms. The summed E-state index contributed by atoms with van der Waals surface area (Å²) in [6.45, 7) is 13.6. The minimum absolute atomic E-state index is 0.0849. The fourth-order valence-corrected chi connectivity index (χ4v) is 6.24. The van der Waals surface area contributed by atoms with E-state index in [1.165, 1.54) is 4.90 Å². The fraction of sp³-hybridized carbons (Fsp3) is 0.529. The summed E-state index contributed by atoms with van der Waals surface area (Å²) in [5.74, 6) is 1.43. The van der Waals surface area contributed by atoms with Crippen molar-refractivity contribution in [3.8, 4) is 17.2 Å². The van der Waals surface area contributed by atoms with Crippen molar-refractivity contribution in [2.24, 2.45) is 10.8 Å². The first-order valence-electron chi connectivity index (χ1n) is 15.8. The molecule has 242 valence electrons. The van der Waals surface area contributed by atoms with Gasteiger partial charge in [0.15, 0.2) is 17.7 Å². The lowest BCUT2D eigenvalue weighted by Gasteiger charge is -2.53. The molecule has 0 aromatic heterocycles. The van der Waals surface area contributed by atoms with Gasteiger partial charge in [0.25, 0.3) is 5.91 Å². The van der Waals surface area contributed by atoms with Crippen molar-refractivity contribution in [1.82, 2.24) is 20.0 Å². The number of hydrogen-bond donors (Lipinski definition) is 1. The second-order valence-electron chi connectivity index (χ2n) is 12.9. The molecule has 0 unspecified atom stereocenters. The van der Waals surface area contributed by atoms with Crippen LogP contribution in [0.1, 0.15) is 82.8 Å². The number of likely N-dealkylation sites (tertiary alicyclic amines) is 1. The van der Waals surface area contributed by atoms with Gasteiger partial charge in [-0.2, -0.15) is 0 Å². The monoisotopic (exact) mass is 620 g/mol. The van der Waals surface area contributed by atoms with Crippen LogP contribution >= 0.6 is 0 Å². The van der Waals surface area contributed by atoms with Crippen LogP contribution < -0.4 is 19.5 Å². The van der Waals surface area contributed by atoms with E-state index in [1.807, 2.05) is 64.6 Å². The summed E-state index contributed by atoms with van der Waals surface area (Å²) >= 11 is 0. The molecule has 2 saturated heterocycles. The lowest BCUT2D eigenvalue weighted by Crippen LogP contribution is -2.73. The highest BCUT2D eigenvalue weighted by atomic mass is 16.7. The Morgan fingerprint density at radius 2 is 1.56 bits per heavy atom. The largest absolute Gasteiger partial charge is 0.469 e. The van der Waals surface area contributed by atoms with Crippen LogP contribution in [0.4, 0.5) is 4.79 Å². The zero-order valence-electron chi connectivity index (χ0n) is 27.1. The van der Waals surface area contributed by atoms with Crippen molar-refractivity contribution in [3.63, 3.8) is 0 Å². The van der Waals surface area contributed by atoms with Crippen LogP contribution in [-0.2, 0) is 9.59 Å². The summed E-state index contributed by atoms with van der Waals surface area (Å²) in [6, 6.07) is 11.5. The number of fused-ring (bicyclic) bond motifs is 1. The second-order valence-corrected chi connectivity index (χ2v) is 12.9. The Hall–Kier alpha value is -4.28. The molecular weight excluding hydrogens is 576 g/mol. The number of nitrogens with zero attached hydrogens (tertiary/aromatic N) is 3. The van der Waals surface area contributed by atoms with E-state index in [4.69, 9.17) is 14.2 Å². The van der Waals surface area contributed by atoms with Crippen molar-refractivity contribution in [2.45, 2.75) is 73.1 Å². The van der Waals surface area contributed by atoms with E-state index in [-0.39, 0.29) is 30.6 Å². The molecule has 1 N–H and O–H groups in total. The van der Waals surface area contributed by atoms with Gasteiger partial charge in [0.05, 0.1) is 6.04 Å². The molecule has 3 aliphatic rings. The van der Waals surface area contributed by atoms with E-state index in [9.17, 15) is 19.2 Å². The minimum Gasteiger partial charge on any atom is -0.469 e. The van der Waals surface area contributed by atoms with Gasteiger partial charge in [0, 0.05) is 37.2 Å². The molecule has 11 heteroatoms. The second kappa shape index (κ2) is 12.6. The van der Waals surface area contributed by atoms with E-state index in [2.05, 4.69) is 5.32 Å². The number of amides is 5. The van der Waals surface area contributed by atoms with Crippen LogP contribution in [0, 0.1) is 10.8 Å². The Morgan fingerprint density at radius 3 is 2.16 bits per heavy atom. The van der Waals surface area contributed by atoms with Crippen molar-refractivity contribution in [3.05, 3.63) is 53.6 Å². The quantitative estimate of drug-likeness (QED) is 0.415. The van der Waals surface area contributed by atoms with Crippen LogP contribution in [0.2, 0.25) is 0 Å². The van der Waals surface area contributed by atoms with Crippen molar-refractivity contribution >= 4 is 23.8 Å². The van der Waals surface area contributed by atoms with E-state index < -0.39 is 23.1 Å². The summed E-state index contributed by atoms with van der Waals surface area (Å²) in [5.41, 5.74) is 0.0573. The third-order valence-corrected chi connectivity index (χ3v) is 9.18. The first-order chi connectivity index (χ1) is 21.4. The standard InChI is InChI=1S/C34H44N4O7/c1-7-25(23-12-15-26-27(20-23)44-21-43-26)35-32(42)38-30(41)34(8-2,9-3)31(38)45-24-13-10-22(11-14-24)28(39)36-16-18-37(19-17-36)29(40)33(4,5)6/h10-15,20,25,31H,7-9,16-19,21H2,1-6H3,(H,35,42)/t25-,31+/m1/s1. The predicted molar refractivity (Wildman–Crippen MR) is 167 cm³/mol. The number of carbonyl (C=O) groups excluding carboxylic acids is 4. The Labute approximate surface area is 264 Å². The Morgan fingerprint density at radius 1 is 0.933 bits per heavy atom. The number of rotatable bonds is 8. The molecule has 0 saturated carbocycles. The molecule has 0 aliphatic carbocycles. The highest BCUT2D eigenvalue weighted by Gasteiger charge is 2.63. The smallest absolute Gasteiger partial charge is 0.327 e. The number of hydrogen-bond acceptors (Lipinski definition) is 7. The molecule has 5 rings (SSSR count). The van der Waals surface area contributed by atoms with Gasteiger partial charge >= 0.3 is 6.03 Å². The minimum atomic E-state index is -0.837. The van der Waals surface area contributed by atoms with Crippen molar-refractivity contribution < 1.29 is 33.4 Å². The van der Waals surface area contributed by atoms with Gasteiger partial charge < -0.3 is 29.3 Å². The summed E-state index contributed by atoms with van der Waals surface area (Å²) < 4.78 is 17.2. The Kier molecular flexibility index (Phi) is 9.00. The van der Waals surface area contributed by atoms with E-state index in [1.54, 1.807) is 29.2 Å². The lowest BCUT2D eigenvalue weighted by molar-refractivity contribution is -0.191. The summed E-state index contributed by atoms with van der Waals surface area (Å²) in [6.07, 6.45) is 0.819. The maximum Gasteiger partial charge on any atom is 0.327 e. The van der Waals surface area contributed by atoms with Crippen molar-refractivity contribution in [2.75, 3.05) is 33.0 Å². The van der Waals surface area contributed by atoms with Crippen LogP contribution in [-0.4, -0.2) is 77.7 Å². The summed E-state index contributed by atoms with van der Waals surface area (Å²) in [5, 5.41) is 3.00. The zero-order chi connectivity index (χ0) is 32.5. The highest BCUT2D eigenvalue weighted by molar-refractivity contribution is 6.03. The maximum absolute atomic E-state index is 13.6. The number of carbonyl (C=O) groups is 4. The van der Waals surface area contributed by atoms with Gasteiger partial charge in [-0.05, 0) is 61.2 Å². The molecule has 2 aromatic rings. The fourth-order valence-electron chi connectivity index (χ4n) is 6.24. The first-order valence-corrected chi connectivity index (χ1v) is 15.8. The Balaban J connectivity index is 1.25. The maximum atomic E-state index is 13.6. The van der Waals surface area contributed by atoms with E-state index >= 15 is 0 Å². The Bertz CT molecular complexity index is 1440. The van der Waals surface area contributed by atoms with Crippen LogP contribution in [0.15, 0.2) is 42.5 Å². The number of ether oxygens (including phenoxy) is 3. The molecule has 5 amide bonds. The predicted octanol–water partition coefficient (Wildman–Crippen LogP) is 4.96. The molecule has 0 spiro atoms. The molecule has 2 aromatic carbocycles. The topological polar surface area (TPSA) is 118 Å². The molecule has 3 heterocycles.